The number of aliphatic hydroxyl groups excluding tert-OH is 1. The molecule has 0 fully saturated rings. The summed E-state index contributed by atoms with van der Waals surface area (Å²) in [5.74, 6) is 0.813. The van der Waals surface area contributed by atoms with Gasteiger partial charge in [0.05, 0.1) is 6.26 Å². The quantitative estimate of drug-likeness (QED) is 0.649. The fourth-order valence-corrected chi connectivity index (χ4v) is 2.60. The molecule has 1 aliphatic heterocycles. The molecule has 0 bridgehead atoms. The van der Waals surface area contributed by atoms with E-state index in [2.05, 4.69) is 0 Å². The third kappa shape index (κ3) is 3.59. The molecule has 2 aromatic carbocycles. The highest BCUT2D eigenvalue weighted by molar-refractivity contribution is 5.74. The monoisotopic (exact) mass is 326 g/mol. The fraction of sp³-hybridized carbons (Fsp3) is 0.158. The van der Waals surface area contributed by atoms with Crippen molar-refractivity contribution in [2.24, 2.45) is 0 Å². The van der Waals surface area contributed by atoms with E-state index in [4.69, 9.17) is 14.9 Å². The van der Waals surface area contributed by atoms with E-state index in [9.17, 15) is 10.2 Å². The van der Waals surface area contributed by atoms with E-state index in [1.165, 1.54) is 6.07 Å². The molecule has 1 aliphatic rings. The highest BCUT2D eigenvalue weighted by Gasteiger charge is 2.13. The van der Waals surface area contributed by atoms with Crippen LogP contribution in [0.3, 0.4) is 0 Å². The Balaban J connectivity index is 1.75. The summed E-state index contributed by atoms with van der Waals surface area (Å²) in [6.07, 6.45) is 2.63. The van der Waals surface area contributed by atoms with Crippen LogP contribution in [0.15, 0.2) is 54.8 Å². The van der Waals surface area contributed by atoms with Crippen molar-refractivity contribution in [2.75, 3.05) is 0 Å². The zero-order chi connectivity index (χ0) is 17.1. The van der Waals surface area contributed by atoms with Crippen molar-refractivity contribution in [1.29, 1.82) is 0 Å². The van der Waals surface area contributed by atoms with Gasteiger partial charge < -0.3 is 25.2 Å². The molecule has 0 aliphatic carbocycles. The third-order valence-electron chi connectivity index (χ3n) is 3.82. The third-order valence-corrected chi connectivity index (χ3v) is 3.82. The lowest BCUT2D eigenvalue weighted by Gasteiger charge is -2.16. The Hall–Kier alpha value is -2.76. The van der Waals surface area contributed by atoms with Gasteiger partial charge in [-0.25, -0.2) is 0 Å². The largest absolute Gasteiger partial charge is 0.508 e. The van der Waals surface area contributed by atoms with Crippen molar-refractivity contribution >= 4 is 11.3 Å². The topological polar surface area (TPSA) is 90.2 Å². The maximum absolute atomic E-state index is 9.98. The summed E-state index contributed by atoms with van der Waals surface area (Å²) in [5, 5.41) is 37.5. The van der Waals surface area contributed by atoms with Gasteiger partial charge in [0.2, 0.25) is 0 Å². The lowest BCUT2D eigenvalue weighted by molar-refractivity contribution is -0.0384. The molecule has 0 saturated carbocycles. The molecule has 0 radical (unpaired) electrons. The van der Waals surface area contributed by atoms with Crippen LogP contribution in [0.1, 0.15) is 23.1 Å². The molecular weight excluding hydrogens is 308 g/mol. The average Bonchev–Trinajstić information content (AvgIpc) is 2.56. The summed E-state index contributed by atoms with van der Waals surface area (Å²) in [4.78, 5) is 0. The van der Waals surface area contributed by atoms with Crippen LogP contribution in [0.5, 0.6) is 11.5 Å². The fourth-order valence-electron chi connectivity index (χ4n) is 2.60. The minimum Gasteiger partial charge on any atom is -0.508 e. The standard InChI is InChI=1S/C19H18O5/c20-16-3-1-2-12(8-16)15-6-7-18(24-11-15)14-5-4-13(10-19(22)23)17(21)9-14/h1-5,7-9,11,19-23H,6,10H2. The van der Waals surface area contributed by atoms with Gasteiger partial charge in [-0.1, -0.05) is 24.3 Å². The first-order valence-corrected chi connectivity index (χ1v) is 7.56. The average molecular weight is 326 g/mol. The Kier molecular flexibility index (Phi) is 4.55. The lowest BCUT2D eigenvalue weighted by atomic mass is 10.00. The van der Waals surface area contributed by atoms with E-state index < -0.39 is 6.29 Å². The first-order valence-electron chi connectivity index (χ1n) is 7.56. The molecule has 0 unspecified atom stereocenters. The number of allylic oxidation sites excluding steroid dienone is 2. The molecule has 2 aromatic rings. The number of hydrogen-bond donors (Lipinski definition) is 4. The molecule has 0 amide bonds. The summed E-state index contributed by atoms with van der Waals surface area (Å²) in [5.41, 5.74) is 3.00. The van der Waals surface area contributed by atoms with E-state index in [1.807, 2.05) is 12.1 Å². The smallest absolute Gasteiger partial charge is 0.155 e. The molecular formula is C19H18O5. The van der Waals surface area contributed by atoms with Gasteiger partial charge in [-0.3, -0.25) is 0 Å². The Morgan fingerprint density at radius 2 is 1.83 bits per heavy atom. The number of rotatable bonds is 4. The number of phenolic OH excluding ortho intramolecular Hbond substituents is 2. The van der Waals surface area contributed by atoms with Gasteiger partial charge in [-0.15, -0.1) is 0 Å². The number of aromatic hydroxyl groups is 2. The van der Waals surface area contributed by atoms with Crippen LogP contribution in [0.25, 0.3) is 11.3 Å². The highest BCUT2D eigenvalue weighted by atomic mass is 16.5. The van der Waals surface area contributed by atoms with Gasteiger partial charge in [-0.05, 0) is 47.4 Å². The predicted molar refractivity (Wildman–Crippen MR) is 89.8 cm³/mol. The normalized spacial score (nSPS) is 14.1. The van der Waals surface area contributed by atoms with Crippen molar-refractivity contribution in [2.45, 2.75) is 19.1 Å². The molecule has 24 heavy (non-hydrogen) atoms. The molecule has 5 nitrogen and oxygen atoms in total. The summed E-state index contributed by atoms with van der Waals surface area (Å²) in [6.45, 7) is 0. The van der Waals surface area contributed by atoms with Gasteiger partial charge >= 0.3 is 0 Å². The predicted octanol–water partition coefficient (Wildman–Crippen LogP) is 2.75. The van der Waals surface area contributed by atoms with E-state index >= 15 is 0 Å². The summed E-state index contributed by atoms with van der Waals surface area (Å²) < 4.78 is 5.65. The van der Waals surface area contributed by atoms with Crippen LogP contribution >= 0.6 is 0 Å². The molecule has 0 atom stereocenters. The van der Waals surface area contributed by atoms with Gasteiger partial charge in [0.1, 0.15) is 17.3 Å². The zero-order valence-electron chi connectivity index (χ0n) is 12.9. The Morgan fingerprint density at radius 3 is 2.46 bits per heavy atom. The van der Waals surface area contributed by atoms with Crippen LogP contribution in [-0.4, -0.2) is 26.7 Å². The number of aliphatic hydroxyl groups is 2. The SMILES string of the molecule is Oc1cccc(C2=COC(c3ccc(CC(O)O)c(O)c3)=CC2)c1. The maximum atomic E-state index is 9.98. The van der Waals surface area contributed by atoms with Crippen molar-refractivity contribution in [3.05, 3.63) is 71.5 Å². The number of benzene rings is 2. The number of ether oxygens (including phenoxy) is 1. The minimum atomic E-state index is -1.50. The summed E-state index contributed by atoms with van der Waals surface area (Å²) in [7, 11) is 0. The van der Waals surface area contributed by atoms with Crippen LogP contribution < -0.4 is 0 Å². The molecule has 0 saturated heterocycles. The Morgan fingerprint density at radius 1 is 1.00 bits per heavy atom. The van der Waals surface area contributed by atoms with Gasteiger partial charge in [0, 0.05) is 12.0 Å². The maximum Gasteiger partial charge on any atom is 0.155 e. The second-order valence-corrected chi connectivity index (χ2v) is 5.61. The van der Waals surface area contributed by atoms with Crippen LogP contribution in [0.4, 0.5) is 0 Å². The summed E-state index contributed by atoms with van der Waals surface area (Å²) >= 11 is 0. The minimum absolute atomic E-state index is 0.00661. The van der Waals surface area contributed by atoms with Crippen molar-refractivity contribution in [1.82, 2.24) is 0 Å². The molecule has 0 spiro atoms. The van der Waals surface area contributed by atoms with Crippen LogP contribution in [0, 0.1) is 0 Å². The van der Waals surface area contributed by atoms with Crippen LogP contribution in [-0.2, 0) is 11.2 Å². The van der Waals surface area contributed by atoms with Crippen molar-refractivity contribution in [3.8, 4) is 11.5 Å². The molecule has 0 aromatic heterocycles. The van der Waals surface area contributed by atoms with E-state index in [0.29, 0.717) is 23.3 Å². The summed E-state index contributed by atoms with van der Waals surface area (Å²) in [6, 6.07) is 11.9. The van der Waals surface area contributed by atoms with E-state index in [1.54, 1.807) is 36.6 Å². The van der Waals surface area contributed by atoms with E-state index in [0.717, 1.165) is 11.1 Å². The molecule has 5 heteroatoms. The van der Waals surface area contributed by atoms with Gasteiger partial charge in [-0.2, -0.15) is 0 Å². The molecule has 4 N–H and O–H groups in total. The molecule has 124 valence electrons. The van der Waals surface area contributed by atoms with Crippen molar-refractivity contribution in [3.63, 3.8) is 0 Å². The number of phenols is 2. The first kappa shape index (κ1) is 16.1. The Labute approximate surface area is 139 Å². The Bertz CT molecular complexity index is 805. The van der Waals surface area contributed by atoms with Gasteiger partial charge in [0.25, 0.3) is 0 Å². The lowest BCUT2D eigenvalue weighted by Crippen LogP contribution is -2.08. The highest BCUT2D eigenvalue weighted by Crippen LogP contribution is 2.32. The van der Waals surface area contributed by atoms with Crippen LogP contribution in [0.2, 0.25) is 0 Å². The first-order chi connectivity index (χ1) is 11.5. The van der Waals surface area contributed by atoms with E-state index in [-0.39, 0.29) is 17.9 Å². The number of hydrogen-bond acceptors (Lipinski definition) is 5. The molecule has 1 heterocycles. The van der Waals surface area contributed by atoms with Gasteiger partial charge in [0.15, 0.2) is 6.29 Å². The molecule has 3 rings (SSSR count). The second-order valence-electron chi connectivity index (χ2n) is 5.61. The van der Waals surface area contributed by atoms with Crippen molar-refractivity contribution < 1.29 is 25.2 Å². The zero-order valence-corrected chi connectivity index (χ0v) is 12.9. The second kappa shape index (κ2) is 6.78.